The van der Waals surface area contributed by atoms with E-state index in [0.29, 0.717) is 11.9 Å². The van der Waals surface area contributed by atoms with Crippen LogP contribution in [0.4, 0.5) is 0 Å². The lowest BCUT2D eigenvalue weighted by Crippen LogP contribution is -2.55. The number of amides is 1. The minimum absolute atomic E-state index is 0.102. The van der Waals surface area contributed by atoms with Gasteiger partial charge in [0.05, 0.1) is 5.41 Å². The van der Waals surface area contributed by atoms with Gasteiger partial charge in [-0.3, -0.25) is 9.69 Å². The highest BCUT2D eigenvalue weighted by Crippen LogP contribution is 2.33. The molecule has 0 saturated carbocycles. The van der Waals surface area contributed by atoms with E-state index in [1.54, 1.807) is 0 Å². The van der Waals surface area contributed by atoms with Crippen molar-refractivity contribution < 1.29 is 4.79 Å². The largest absolute Gasteiger partial charge is 0.340 e. The molecule has 0 radical (unpaired) electrons. The van der Waals surface area contributed by atoms with E-state index in [0.717, 1.165) is 58.5 Å². The van der Waals surface area contributed by atoms with Crippen LogP contribution in [0.3, 0.4) is 0 Å². The first-order valence-electron chi connectivity index (χ1n) is 7.83. The molecule has 1 N–H and O–H groups in total. The van der Waals surface area contributed by atoms with Gasteiger partial charge in [0.2, 0.25) is 5.91 Å². The van der Waals surface area contributed by atoms with Crippen molar-refractivity contribution in [2.75, 3.05) is 39.3 Å². The van der Waals surface area contributed by atoms with Gasteiger partial charge in [-0.25, -0.2) is 0 Å². The molecular weight excluding hydrogens is 238 g/mol. The summed E-state index contributed by atoms with van der Waals surface area (Å²) < 4.78 is 0. The zero-order chi connectivity index (χ0) is 13.9. The molecule has 0 aromatic heterocycles. The summed E-state index contributed by atoms with van der Waals surface area (Å²) in [4.78, 5) is 17.4. The summed E-state index contributed by atoms with van der Waals surface area (Å²) in [6.45, 7) is 12.4. The van der Waals surface area contributed by atoms with Crippen molar-refractivity contribution in [2.45, 2.75) is 46.1 Å². The number of carbonyl (C=O) groups excluding carboxylic acids is 1. The van der Waals surface area contributed by atoms with Crippen LogP contribution < -0.4 is 5.32 Å². The summed E-state index contributed by atoms with van der Waals surface area (Å²) in [5.74, 6) is 0.405. The highest BCUT2D eigenvalue weighted by atomic mass is 16.2. The predicted molar refractivity (Wildman–Crippen MR) is 78.1 cm³/mol. The monoisotopic (exact) mass is 267 g/mol. The topological polar surface area (TPSA) is 35.6 Å². The SMILES string of the molecule is CCCC1(C(=O)N2CCN(C(C)C)CC2)CCNC1. The molecule has 0 spiro atoms. The van der Waals surface area contributed by atoms with Crippen molar-refractivity contribution in [2.24, 2.45) is 5.41 Å². The van der Waals surface area contributed by atoms with Gasteiger partial charge in [0, 0.05) is 38.8 Å². The molecule has 2 heterocycles. The number of hydrogen-bond donors (Lipinski definition) is 1. The van der Waals surface area contributed by atoms with Gasteiger partial charge in [0.25, 0.3) is 0 Å². The number of hydrogen-bond acceptors (Lipinski definition) is 3. The van der Waals surface area contributed by atoms with Crippen molar-refractivity contribution >= 4 is 5.91 Å². The molecule has 4 heteroatoms. The third-order valence-electron chi connectivity index (χ3n) is 4.76. The number of nitrogens with zero attached hydrogens (tertiary/aromatic N) is 2. The smallest absolute Gasteiger partial charge is 0.230 e. The fraction of sp³-hybridized carbons (Fsp3) is 0.933. The Kier molecular flexibility index (Phi) is 4.85. The number of nitrogens with one attached hydrogen (secondary N) is 1. The molecule has 2 saturated heterocycles. The molecule has 2 aliphatic rings. The molecule has 2 rings (SSSR count). The standard InChI is InChI=1S/C15H29N3O/c1-4-5-15(6-7-16-12-15)14(19)18-10-8-17(9-11-18)13(2)3/h13,16H,4-12H2,1-3H3. The molecular formula is C15H29N3O. The lowest BCUT2D eigenvalue weighted by molar-refractivity contribution is -0.143. The second-order valence-electron chi connectivity index (χ2n) is 6.38. The van der Waals surface area contributed by atoms with Gasteiger partial charge >= 0.3 is 0 Å². The van der Waals surface area contributed by atoms with Crippen LogP contribution in [-0.4, -0.2) is 61.0 Å². The summed E-state index contributed by atoms with van der Waals surface area (Å²) in [7, 11) is 0. The molecule has 0 aromatic rings. The lowest BCUT2D eigenvalue weighted by Gasteiger charge is -2.40. The summed E-state index contributed by atoms with van der Waals surface area (Å²) >= 11 is 0. The Labute approximate surface area is 117 Å². The number of carbonyl (C=O) groups is 1. The average Bonchev–Trinajstić information content (AvgIpc) is 2.88. The van der Waals surface area contributed by atoms with Crippen LogP contribution in [-0.2, 0) is 4.79 Å². The molecule has 4 nitrogen and oxygen atoms in total. The first-order valence-corrected chi connectivity index (χ1v) is 7.83. The Morgan fingerprint density at radius 2 is 1.95 bits per heavy atom. The zero-order valence-electron chi connectivity index (χ0n) is 12.7. The van der Waals surface area contributed by atoms with E-state index in [1.165, 1.54) is 0 Å². The fourth-order valence-electron chi connectivity index (χ4n) is 3.50. The third kappa shape index (κ3) is 3.11. The first-order chi connectivity index (χ1) is 9.09. The van der Waals surface area contributed by atoms with Gasteiger partial charge in [-0.15, -0.1) is 0 Å². The van der Waals surface area contributed by atoms with Crippen LogP contribution in [0, 0.1) is 5.41 Å². The van der Waals surface area contributed by atoms with Crippen molar-refractivity contribution in [1.29, 1.82) is 0 Å². The third-order valence-corrected chi connectivity index (χ3v) is 4.76. The van der Waals surface area contributed by atoms with Crippen LogP contribution in [0.5, 0.6) is 0 Å². The van der Waals surface area contributed by atoms with Gasteiger partial charge in [0.1, 0.15) is 0 Å². The second-order valence-corrected chi connectivity index (χ2v) is 6.38. The maximum atomic E-state index is 12.9. The summed E-state index contributed by atoms with van der Waals surface area (Å²) in [5.41, 5.74) is -0.102. The molecule has 2 fully saturated rings. The van der Waals surface area contributed by atoms with Crippen molar-refractivity contribution in [3.05, 3.63) is 0 Å². The Bertz CT molecular complexity index is 303. The predicted octanol–water partition coefficient (Wildman–Crippen LogP) is 1.32. The van der Waals surface area contributed by atoms with E-state index in [-0.39, 0.29) is 5.41 Å². The quantitative estimate of drug-likeness (QED) is 0.834. The fourth-order valence-corrected chi connectivity index (χ4v) is 3.50. The highest BCUT2D eigenvalue weighted by molar-refractivity contribution is 5.83. The van der Waals surface area contributed by atoms with Crippen molar-refractivity contribution in [1.82, 2.24) is 15.1 Å². The van der Waals surface area contributed by atoms with Crippen LogP contribution in [0.25, 0.3) is 0 Å². The average molecular weight is 267 g/mol. The summed E-state index contributed by atoms with van der Waals surface area (Å²) in [5, 5.41) is 3.39. The van der Waals surface area contributed by atoms with E-state index < -0.39 is 0 Å². The van der Waals surface area contributed by atoms with Crippen LogP contribution in [0.1, 0.15) is 40.0 Å². The summed E-state index contributed by atoms with van der Waals surface area (Å²) in [6.07, 6.45) is 3.15. The van der Waals surface area contributed by atoms with E-state index in [9.17, 15) is 4.79 Å². The zero-order valence-corrected chi connectivity index (χ0v) is 12.7. The second kappa shape index (κ2) is 6.23. The molecule has 1 unspecified atom stereocenters. The van der Waals surface area contributed by atoms with Gasteiger partial charge < -0.3 is 10.2 Å². The lowest BCUT2D eigenvalue weighted by atomic mass is 9.81. The Hall–Kier alpha value is -0.610. The van der Waals surface area contributed by atoms with E-state index in [1.807, 2.05) is 0 Å². The first kappa shape index (κ1) is 14.8. The minimum atomic E-state index is -0.102. The van der Waals surface area contributed by atoms with E-state index in [2.05, 4.69) is 35.9 Å². The Morgan fingerprint density at radius 3 is 2.42 bits per heavy atom. The van der Waals surface area contributed by atoms with E-state index >= 15 is 0 Å². The van der Waals surface area contributed by atoms with Gasteiger partial charge in [-0.05, 0) is 33.2 Å². The Morgan fingerprint density at radius 1 is 1.26 bits per heavy atom. The maximum Gasteiger partial charge on any atom is 0.230 e. The molecule has 0 aromatic carbocycles. The van der Waals surface area contributed by atoms with Gasteiger partial charge in [-0.2, -0.15) is 0 Å². The molecule has 2 aliphatic heterocycles. The van der Waals surface area contributed by atoms with Crippen LogP contribution in [0.15, 0.2) is 0 Å². The molecule has 110 valence electrons. The Balaban J connectivity index is 1.96. The number of piperazine rings is 1. The van der Waals surface area contributed by atoms with Crippen molar-refractivity contribution in [3.8, 4) is 0 Å². The van der Waals surface area contributed by atoms with E-state index in [4.69, 9.17) is 0 Å². The normalized spacial score (nSPS) is 29.2. The molecule has 19 heavy (non-hydrogen) atoms. The van der Waals surface area contributed by atoms with Crippen LogP contribution in [0.2, 0.25) is 0 Å². The minimum Gasteiger partial charge on any atom is -0.340 e. The molecule has 1 atom stereocenters. The number of rotatable bonds is 4. The maximum absolute atomic E-state index is 12.9. The van der Waals surface area contributed by atoms with Gasteiger partial charge in [0.15, 0.2) is 0 Å². The van der Waals surface area contributed by atoms with Gasteiger partial charge in [-0.1, -0.05) is 13.3 Å². The highest BCUT2D eigenvalue weighted by Gasteiger charge is 2.43. The van der Waals surface area contributed by atoms with Crippen molar-refractivity contribution in [3.63, 3.8) is 0 Å². The summed E-state index contributed by atoms with van der Waals surface area (Å²) in [6, 6.07) is 0.593. The molecule has 1 amide bonds. The molecule has 0 bridgehead atoms. The molecule has 0 aliphatic carbocycles. The van der Waals surface area contributed by atoms with Crippen LogP contribution >= 0.6 is 0 Å².